The summed E-state index contributed by atoms with van der Waals surface area (Å²) in [6.45, 7) is 3.25. The standard InChI is InChI=1S/C14H15N3O4/c1-9-8-12(17-21-9)16-13(18)10(2)15-14(19)20-11-6-4-3-5-7-11/h3-8,10H,1-2H3,(H,15,19)(H,16,17,18)/t10-/m0/s1. The Bertz CT molecular complexity index is 624. The van der Waals surface area contributed by atoms with E-state index in [1.807, 2.05) is 0 Å². The van der Waals surface area contributed by atoms with Crippen molar-refractivity contribution in [1.29, 1.82) is 0 Å². The van der Waals surface area contributed by atoms with Gasteiger partial charge in [-0.2, -0.15) is 0 Å². The third kappa shape index (κ3) is 4.34. The number of aromatic nitrogens is 1. The van der Waals surface area contributed by atoms with Gasteiger partial charge in [-0.1, -0.05) is 23.4 Å². The molecule has 7 nitrogen and oxygen atoms in total. The van der Waals surface area contributed by atoms with Gasteiger partial charge in [0.05, 0.1) is 0 Å². The van der Waals surface area contributed by atoms with E-state index in [1.165, 1.54) is 6.92 Å². The Hall–Kier alpha value is -2.83. The number of benzene rings is 1. The second-order valence-corrected chi connectivity index (χ2v) is 4.38. The summed E-state index contributed by atoms with van der Waals surface area (Å²) in [5.74, 6) is 0.847. The second-order valence-electron chi connectivity index (χ2n) is 4.38. The first-order valence-electron chi connectivity index (χ1n) is 6.32. The Balaban J connectivity index is 1.84. The molecular formula is C14H15N3O4. The highest BCUT2D eigenvalue weighted by atomic mass is 16.6. The Morgan fingerprint density at radius 2 is 2.00 bits per heavy atom. The van der Waals surface area contributed by atoms with Gasteiger partial charge in [0.2, 0.25) is 5.91 Å². The van der Waals surface area contributed by atoms with Gasteiger partial charge in [-0.15, -0.1) is 0 Å². The van der Waals surface area contributed by atoms with Gasteiger partial charge in [0.25, 0.3) is 0 Å². The van der Waals surface area contributed by atoms with Gasteiger partial charge in [-0.05, 0) is 26.0 Å². The highest BCUT2D eigenvalue weighted by Crippen LogP contribution is 2.09. The largest absolute Gasteiger partial charge is 0.413 e. The molecule has 1 atom stereocenters. The summed E-state index contributed by atoms with van der Waals surface area (Å²) in [5, 5.41) is 8.58. The van der Waals surface area contributed by atoms with Crippen LogP contribution < -0.4 is 15.4 Å². The van der Waals surface area contributed by atoms with E-state index in [9.17, 15) is 9.59 Å². The average molecular weight is 289 g/mol. The van der Waals surface area contributed by atoms with Crippen LogP contribution in [0.3, 0.4) is 0 Å². The number of nitrogens with one attached hydrogen (secondary N) is 2. The molecule has 0 aliphatic carbocycles. The number of ether oxygens (including phenoxy) is 1. The molecule has 1 aromatic carbocycles. The molecule has 0 aliphatic rings. The fourth-order valence-corrected chi connectivity index (χ4v) is 1.53. The number of nitrogens with zero attached hydrogens (tertiary/aromatic N) is 1. The minimum Gasteiger partial charge on any atom is -0.410 e. The first-order chi connectivity index (χ1) is 10.0. The zero-order valence-electron chi connectivity index (χ0n) is 11.6. The maximum atomic E-state index is 11.8. The summed E-state index contributed by atoms with van der Waals surface area (Å²) in [7, 11) is 0. The lowest BCUT2D eigenvalue weighted by Gasteiger charge is -2.12. The molecule has 7 heteroatoms. The van der Waals surface area contributed by atoms with Gasteiger partial charge in [0.1, 0.15) is 17.6 Å². The van der Waals surface area contributed by atoms with E-state index in [0.717, 1.165) is 0 Å². The predicted octanol–water partition coefficient (Wildman–Crippen LogP) is 2.10. The van der Waals surface area contributed by atoms with Crippen LogP contribution in [0.15, 0.2) is 40.9 Å². The summed E-state index contributed by atoms with van der Waals surface area (Å²) < 4.78 is 9.85. The van der Waals surface area contributed by atoms with Crippen molar-refractivity contribution >= 4 is 17.8 Å². The highest BCUT2D eigenvalue weighted by molar-refractivity contribution is 5.95. The average Bonchev–Trinajstić information content (AvgIpc) is 2.85. The monoisotopic (exact) mass is 289 g/mol. The smallest absolute Gasteiger partial charge is 0.410 e. The van der Waals surface area contributed by atoms with E-state index in [4.69, 9.17) is 9.26 Å². The van der Waals surface area contributed by atoms with Gasteiger partial charge in [-0.3, -0.25) is 4.79 Å². The van der Waals surface area contributed by atoms with Crippen LogP contribution in [0.2, 0.25) is 0 Å². The number of hydrogen-bond donors (Lipinski definition) is 2. The number of aryl methyl sites for hydroxylation is 1. The Morgan fingerprint density at radius 1 is 1.29 bits per heavy atom. The molecule has 0 saturated heterocycles. The van der Waals surface area contributed by atoms with Crippen LogP contribution in [0.1, 0.15) is 12.7 Å². The molecular weight excluding hydrogens is 274 g/mol. The lowest BCUT2D eigenvalue weighted by molar-refractivity contribution is -0.117. The van der Waals surface area contributed by atoms with Crippen LogP contribution in [0.4, 0.5) is 10.6 Å². The Kier molecular flexibility index (Phi) is 4.55. The highest BCUT2D eigenvalue weighted by Gasteiger charge is 2.18. The van der Waals surface area contributed by atoms with Gasteiger partial charge >= 0.3 is 6.09 Å². The first kappa shape index (κ1) is 14.6. The van der Waals surface area contributed by atoms with Crippen molar-refractivity contribution in [3.8, 4) is 5.75 Å². The normalized spacial score (nSPS) is 11.5. The molecule has 0 bridgehead atoms. The Morgan fingerprint density at radius 3 is 2.62 bits per heavy atom. The second kappa shape index (κ2) is 6.56. The van der Waals surface area contributed by atoms with Gasteiger partial charge in [0, 0.05) is 6.07 Å². The van der Waals surface area contributed by atoms with Gasteiger partial charge in [-0.25, -0.2) is 4.79 Å². The van der Waals surface area contributed by atoms with Crippen LogP contribution in [0.5, 0.6) is 5.75 Å². The third-order valence-electron chi connectivity index (χ3n) is 2.56. The quantitative estimate of drug-likeness (QED) is 0.899. The summed E-state index contributed by atoms with van der Waals surface area (Å²) in [5.41, 5.74) is 0. The number of carbonyl (C=O) groups excluding carboxylic acids is 2. The SMILES string of the molecule is Cc1cc(NC(=O)[C@H](C)NC(=O)Oc2ccccc2)no1. The lowest BCUT2D eigenvalue weighted by atomic mass is 10.3. The van der Waals surface area contributed by atoms with E-state index >= 15 is 0 Å². The van der Waals surface area contributed by atoms with Crippen molar-refractivity contribution in [2.45, 2.75) is 19.9 Å². The zero-order chi connectivity index (χ0) is 15.2. The third-order valence-corrected chi connectivity index (χ3v) is 2.56. The molecule has 0 spiro atoms. The summed E-state index contributed by atoms with van der Waals surface area (Å²) in [4.78, 5) is 23.5. The van der Waals surface area contributed by atoms with E-state index in [2.05, 4.69) is 15.8 Å². The molecule has 1 heterocycles. The maximum Gasteiger partial charge on any atom is 0.413 e. The number of carbonyl (C=O) groups is 2. The molecule has 0 saturated carbocycles. The van der Waals surface area contributed by atoms with Crippen molar-refractivity contribution in [3.05, 3.63) is 42.2 Å². The molecule has 0 fully saturated rings. The summed E-state index contributed by atoms with van der Waals surface area (Å²) >= 11 is 0. The summed E-state index contributed by atoms with van der Waals surface area (Å²) in [6, 6.07) is 9.37. The summed E-state index contributed by atoms with van der Waals surface area (Å²) in [6.07, 6.45) is -0.708. The topological polar surface area (TPSA) is 93.5 Å². The minimum atomic E-state index is -0.779. The van der Waals surface area contributed by atoms with Crippen molar-refractivity contribution in [2.24, 2.45) is 0 Å². The number of hydrogen-bond acceptors (Lipinski definition) is 5. The Labute approximate surface area is 121 Å². The van der Waals surface area contributed by atoms with Crippen molar-refractivity contribution in [2.75, 3.05) is 5.32 Å². The molecule has 2 aromatic rings. The molecule has 2 N–H and O–H groups in total. The molecule has 21 heavy (non-hydrogen) atoms. The van der Waals surface area contributed by atoms with E-state index in [1.54, 1.807) is 43.3 Å². The van der Waals surface area contributed by atoms with Crippen molar-refractivity contribution in [3.63, 3.8) is 0 Å². The van der Waals surface area contributed by atoms with Crippen LogP contribution in [-0.4, -0.2) is 23.2 Å². The molecule has 0 unspecified atom stereocenters. The molecule has 110 valence electrons. The molecule has 2 rings (SSSR count). The molecule has 0 radical (unpaired) electrons. The van der Waals surface area contributed by atoms with E-state index in [0.29, 0.717) is 17.3 Å². The molecule has 2 amide bonds. The number of amides is 2. The first-order valence-corrected chi connectivity index (χ1v) is 6.32. The van der Waals surface area contributed by atoms with Crippen molar-refractivity contribution in [1.82, 2.24) is 10.5 Å². The lowest BCUT2D eigenvalue weighted by Crippen LogP contribution is -2.42. The fourth-order valence-electron chi connectivity index (χ4n) is 1.53. The molecule has 1 aromatic heterocycles. The van der Waals surface area contributed by atoms with Crippen LogP contribution in [0, 0.1) is 6.92 Å². The van der Waals surface area contributed by atoms with Gasteiger partial charge in [0.15, 0.2) is 5.82 Å². The minimum absolute atomic E-state index is 0.294. The number of para-hydroxylation sites is 1. The van der Waals surface area contributed by atoms with Crippen LogP contribution in [-0.2, 0) is 4.79 Å². The zero-order valence-corrected chi connectivity index (χ0v) is 11.6. The fraction of sp³-hybridized carbons (Fsp3) is 0.214. The predicted molar refractivity (Wildman–Crippen MR) is 74.9 cm³/mol. The van der Waals surface area contributed by atoms with Gasteiger partial charge < -0.3 is 19.9 Å². The van der Waals surface area contributed by atoms with Crippen LogP contribution >= 0.6 is 0 Å². The maximum absolute atomic E-state index is 11.8. The van der Waals surface area contributed by atoms with Crippen molar-refractivity contribution < 1.29 is 18.8 Å². The van der Waals surface area contributed by atoms with Crippen LogP contribution in [0.25, 0.3) is 0 Å². The number of anilines is 1. The number of rotatable bonds is 4. The van der Waals surface area contributed by atoms with E-state index in [-0.39, 0.29) is 0 Å². The molecule has 0 aliphatic heterocycles. The van der Waals surface area contributed by atoms with E-state index < -0.39 is 18.0 Å².